The molecule has 2 N–H and O–H groups in total. The Morgan fingerprint density at radius 1 is 1.25 bits per heavy atom. The summed E-state index contributed by atoms with van der Waals surface area (Å²) in [5.74, 6) is -1.01. The molecule has 2 aromatic rings. The topological polar surface area (TPSA) is 45.4 Å². The second-order valence-corrected chi connectivity index (χ2v) is 6.97. The Kier molecular flexibility index (Phi) is 6.51. The largest absolute Gasteiger partial charge is 0.375 e. The predicted octanol–water partition coefficient (Wildman–Crippen LogP) is 3.30. The average Bonchev–Trinajstić information content (AvgIpc) is 2.92. The fourth-order valence-corrected chi connectivity index (χ4v) is 3.69. The van der Waals surface area contributed by atoms with Crippen molar-refractivity contribution in [3.63, 3.8) is 0 Å². The van der Waals surface area contributed by atoms with Gasteiger partial charge in [0, 0.05) is 61.5 Å². The molecule has 24 heavy (non-hydrogen) atoms. The number of hydrogen-bond donors (Lipinski definition) is 1. The van der Waals surface area contributed by atoms with Gasteiger partial charge in [0.2, 0.25) is 0 Å². The SMILES string of the molecule is CC(c1ccc(F)cc1F)N1CCN(Cc2cnc(N)s2)CC1.Cl. The normalized spacial score (nSPS) is 17.5. The molecule has 1 fully saturated rings. The smallest absolute Gasteiger partial charge is 0.180 e. The minimum Gasteiger partial charge on any atom is -0.375 e. The summed E-state index contributed by atoms with van der Waals surface area (Å²) in [6, 6.07) is 3.76. The lowest BCUT2D eigenvalue weighted by Crippen LogP contribution is -2.46. The third-order valence-corrected chi connectivity index (χ3v) is 5.13. The van der Waals surface area contributed by atoms with Gasteiger partial charge in [-0.2, -0.15) is 0 Å². The fourth-order valence-electron chi connectivity index (χ4n) is 2.96. The molecule has 2 heterocycles. The summed E-state index contributed by atoms with van der Waals surface area (Å²) >= 11 is 1.51. The molecular formula is C16H21ClF2N4S. The van der Waals surface area contributed by atoms with Crippen molar-refractivity contribution < 1.29 is 8.78 Å². The van der Waals surface area contributed by atoms with Crippen molar-refractivity contribution in [2.45, 2.75) is 19.5 Å². The zero-order valence-corrected chi connectivity index (χ0v) is 15.0. The Labute approximate surface area is 150 Å². The summed E-state index contributed by atoms with van der Waals surface area (Å²) in [6.07, 6.45) is 1.82. The highest BCUT2D eigenvalue weighted by Gasteiger charge is 2.24. The number of thiazole rings is 1. The van der Waals surface area contributed by atoms with Crippen LogP contribution in [0.5, 0.6) is 0 Å². The zero-order valence-electron chi connectivity index (χ0n) is 13.4. The number of nitrogens with zero attached hydrogens (tertiary/aromatic N) is 3. The van der Waals surface area contributed by atoms with Crippen LogP contribution in [0.1, 0.15) is 23.4 Å². The maximum absolute atomic E-state index is 13.9. The van der Waals surface area contributed by atoms with Crippen LogP contribution >= 0.6 is 23.7 Å². The number of piperazine rings is 1. The predicted molar refractivity (Wildman–Crippen MR) is 95.4 cm³/mol. The maximum Gasteiger partial charge on any atom is 0.180 e. The lowest BCUT2D eigenvalue weighted by atomic mass is 10.1. The molecule has 0 spiro atoms. The number of anilines is 1. The van der Waals surface area contributed by atoms with Crippen molar-refractivity contribution in [1.29, 1.82) is 0 Å². The van der Waals surface area contributed by atoms with Crippen LogP contribution in [0.3, 0.4) is 0 Å². The summed E-state index contributed by atoms with van der Waals surface area (Å²) in [6.45, 7) is 6.34. The van der Waals surface area contributed by atoms with Gasteiger partial charge in [-0.05, 0) is 13.0 Å². The number of rotatable bonds is 4. The van der Waals surface area contributed by atoms with E-state index in [1.165, 1.54) is 17.4 Å². The number of benzene rings is 1. The number of hydrogen-bond acceptors (Lipinski definition) is 5. The molecule has 0 amide bonds. The highest BCUT2D eigenvalue weighted by atomic mass is 35.5. The lowest BCUT2D eigenvalue weighted by molar-refractivity contribution is 0.0971. The zero-order chi connectivity index (χ0) is 16.4. The molecule has 3 rings (SSSR count). The van der Waals surface area contributed by atoms with Crippen LogP contribution in [-0.4, -0.2) is 41.0 Å². The van der Waals surface area contributed by atoms with E-state index in [0.717, 1.165) is 43.7 Å². The van der Waals surface area contributed by atoms with E-state index in [2.05, 4.69) is 14.8 Å². The molecule has 0 aliphatic carbocycles. The Bertz CT molecular complexity index is 674. The quantitative estimate of drug-likeness (QED) is 0.891. The number of aromatic nitrogens is 1. The lowest BCUT2D eigenvalue weighted by Gasteiger charge is -2.38. The molecule has 1 aliphatic heterocycles. The van der Waals surface area contributed by atoms with Gasteiger partial charge in [-0.1, -0.05) is 6.07 Å². The summed E-state index contributed by atoms with van der Waals surface area (Å²) in [7, 11) is 0. The first-order chi connectivity index (χ1) is 11.0. The van der Waals surface area contributed by atoms with Gasteiger partial charge in [-0.3, -0.25) is 9.80 Å². The Hall–Kier alpha value is -1.28. The van der Waals surface area contributed by atoms with E-state index >= 15 is 0 Å². The summed E-state index contributed by atoms with van der Waals surface area (Å²) in [5.41, 5.74) is 6.20. The van der Waals surface area contributed by atoms with E-state index in [1.807, 2.05) is 13.1 Å². The van der Waals surface area contributed by atoms with Gasteiger partial charge in [-0.25, -0.2) is 13.8 Å². The van der Waals surface area contributed by atoms with Crippen molar-refractivity contribution >= 4 is 28.9 Å². The van der Waals surface area contributed by atoms with Gasteiger partial charge in [0.1, 0.15) is 11.6 Å². The molecule has 0 radical (unpaired) electrons. The first-order valence-corrected chi connectivity index (χ1v) is 8.46. The van der Waals surface area contributed by atoms with Crippen LogP contribution in [0, 0.1) is 11.6 Å². The number of halogens is 3. The number of nitrogen functional groups attached to an aromatic ring is 1. The second-order valence-electron chi connectivity index (χ2n) is 5.82. The van der Waals surface area contributed by atoms with Crippen LogP contribution in [0.15, 0.2) is 24.4 Å². The van der Waals surface area contributed by atoms with E-state index in [-0.39, 0.29) is 18.4 Å². The van der Waals surface area contributed by atoms with Gasteiger partial charge in [0.05, 0.1) is 0 Å². The van der Waals surface area contributed by atoms with Crippen molar-refractivity contribution in [3.05, 3.63) is 46.5 Å². The first-order valence-electron chi connectivity index (χ1n) is 7.64. The van der Waals surface area contributed by atoms with E-state index in [4.69, 9.17) is 5.73 Å². The monoisotopic (exact) mass is 374 g/mol. The van der Waals surface area contributed by atoms with Crippen molar-refractivity contribution in [2.24, 2.45) is 0 Å². The highest BCUT2D eigenvalue weighted by Crippen LogP contribution is 2.25. The second kappa shape index (κ2) is 8.20. The van der Waals surface area contributed by atoms with Gasteiger partial charge >= 0.3 is 0 Å². The Morgan fingerprint density at radius 2 is 1.96 bits per heavy atom. The molecule has 1 aromatic carbocycles. The van der Waals surface area contributed by atoms with Gasteiger partial charge < -0.3 is 5.73 Å². The van der Waals surface area contributed by atoms with Crippen LogP contribution in [0.2, 0.25) is 0 Å². The van der Waals surface area contributed by atoms with Gasteiger partial charge in [0.25, 0.3) is 0 Å². The van der Waals surface area contributed by atoms with E-state index < -0.39 is 11.6 Å². The van der Waals surface area contributed by atoms with Crippen molar-refractivity contribution in [3.8, 4) is 0 Å². The standard InChI is InChI=1S/C16H20F2N4S.ClH/c1-11(14-3-2-12(17)8-15(14)18)22-6-4-21(5-7-22)10-13-9-20-16(19)23-13;/h2-3,8-9,11H,4-7,10H2,1H3,(H2,19,20);1H. The minimum atomic E-state index is -0.535. The number of nitrogens with two attached hydrogens (primary N) is 1. The maximum atomic E-state index is 13.9. The third-order valence-electron chi connectivity index (χ3n) is 4.32. The molecule has 0 bridgehead atoms. The molecule has 132 valence electrons. The highest BCUT2D eigenvalue weighted by molar-refractivity contribution is 7.15. The first kappa shape index (κ1) is 19.1. The molecule has 1 unspecified atom stereocenters. The van der Waals surface area contributed by atoms with Gasteiger partial charge in [0.15, 0.2) is 5.13 Å². The minimum absolute atomic E-state index is 0. The van der Waals surface area contributed by atoms with Crippen LogP contribution in [0.4, 0.5) is 13.9 Å². The van der Waals surface area contributed by atoms with Crippen LogP contribution < -0.4 is 5.73 Å². The molecule has 1 saturated heterocycles. The molecule has 4 nitrogen and oxygen atoms in total. The molecule has 1 aromatic heterocycles. The van der Waals surface area contributed by atoms with Crippen LogP contribution in [-0.2, 0) is 6.54 Å². The summed E-state index contributed by atoms with van der Waals surface area (Å²) in [5, 5.41) is 0.596. The summed E-state index contributed by atoms with van der Waals surface area (Å²) in [4.78, 5) is 9.80. The van der Waals surface area contributed by atoms with Crippen molar-refractivity contribution in [2.75, 3.05) is 31.9 Å². The third kappa shape index (κ3) is 4.42. The summed E-state index contributed by atoms with van der Waals surface area (Å²) < 4.78 is 27.0. The molecule has 0 saturated carbocycles. The van der Waals surface area contributed by atoms with Gasteiger partial charge in [-0.15, -0.1) is 23.7 Å². The van der Waals surface area contributed by atoms with E-state index in [1.54, 1.807) is 6.07 Å². The van der Waals surface area contributed by atoms with E-state index in [0.29, 0.717) is 10.7 Å². The molecular weight excluding hydrogens is 354 g/mol. The van der Waals surface area contributed by atoms with Crippen LogP contribution in [0.25, 0.3) is 0 Å². The molecule has 1 aliphatic rings. The fraction of sp³-hybridized carbons (Fsp3) is 0.438. The van der Waals surface area contributed by atoms with E-state index in [9.17, 15) is 8.78 Å². The van der Waals surface area contributed by atoms with Crippen molar-refractivity contribution in [1.82, 2.24) is 14.8 Å². The average molecular weight is 375 g/mol. The Morgan fingerprint density at radius 3 is 2.54 bits per heavy atom. The molecule has 8 heteroatoms. The Balaban J connectivity index is 0.00000208. The molecule has 1 atom stereocenters.